The molecule has 0 radical (unpaired) electrons. The van der Waals surface area contributed by atoms with E-state index in [0.717, 1.165) is 11.3 Å². The molecule has 0 spiro atoms. The average Bonchev–Trinajstić information content (AvgIpc) is 3.54. The van der Waals surface area contributed by atoms with Gasteiger partial charge >= 0.3 is 12.4 Å². The van der Waals surface area contributed by atoms with E-state index in [-0.39, 0.29) is 5.75 Å². The average molecular weight is 554 g/mol. The number of halogens is 4. The van der Waals surface area contributed by atoms with Crippen LogP contribution in [0.2, 0.25) is 5.02 Å². The Hall–Kier alpha value is -4.84. The highest BCUT2D eigenvalue weighted by molar-refractivity contribution is 6.30. The number of amides is 2. The number of ether oxygens (including phenoxy) is 1. The number of benzene rings is 3. The Morgan fingerprint density at radius 3 is 2.38 bits per heavy atom. The summed E-state index contributed by atoms with van der Waals surface area (Å²) in [4.78, 5) is 21.1. The molecule has 2 aromatic heterocycles. The summed E-state index contributed by atoms with van der Waals surface area (Å²) in [6, 6.07) is 17.1. The quantitative estimate of drug-likeness (QED) is 0.246. The van der Waals surface area contributed by atoms with Gasteiger partial charge in [-0.15, -0.1) is 18.3 Å². The van der Waals surface area contributed by atoms with Crippen molar-refractivity contribution in [2.45, 2.75) is 13.3 Å². The molecule has 0 aliphatic rings. The smallest absolute Gasteiger partial charge is 0.406 e. The monoisotopic (exact) mass is 553 g/mol. The van der Waals surface area contributed by atoms with Gasteiger partial charge in [0.2, 0.25) is 5.95 Å². The van der Waals surface area contributed by atoms with Gasteiger partial charge in [0.15, 0.2) is 5.82 Å². The first kappa shape index (κ1) is 25.8. The zero-order valence-corrected chi connectivity index (χ0v) is 20.9. The van der Waals surface area contributed by atoms with Gasteiger partial charge in [-0.2, -0.15) is 0 Å². The van der Waals surface area contributed by atoms with Crippen LogP contribution in [0.25, 0.3) is 22.8 Å². The Morgan fingerprint density at radius 1 is 0.949 bits per heavy atom. The lowest BCUT2D eigenvalue weighted by molar-refractivity contribution is -0.274. The lowest BCUT2D eigenvalue weighted by atomic mass is 10.2. The predicted molar refractivity (Wildman–Crippen MR) is 139 cm³/mol. The van der Waals surface area contributed by atoms with E-state index in [9.17, 15) is 18.0 Å². The van der Waals surface area contributed by atoms with Gasteiger partial charge < -0.3 is 10.1 Å². The number of nitrogens with one attached hydrogen (secondary N) is 2. The third-order valence-electron chi connectivity index (χ3n) is 5.40. The molecular weight excluding hydrogens is 535 g/mol. The summed E-state index contributed by atoms with van der Waals surface area (Å²) < 4.78 is 44.1. The van der Waals surface area contributed by atoms with Crippen LogP contribution in [-0.4, -0.2) is 36.7 Å². The van der Waals surface area contributed by atoms with Crippen LogP contribution in [0.3, 0.4) is 0 Å². The van der Waals surface area contributed by atoms with Gasteiger partial charge in [0.05, 0.1) is 11.4 Å². The van der Waals surface area contributed by atoms with Gasteiger partial charge in [0.25, 0.3) is 0 Å². The van der Waals surface area contributed by atoms with Gasteiger partial charge in [-0.25, -0.2) is 19.4 Å². The maximum Gasteiger partial charge on any atom is 0.573 e. The molecule has 39 heavy (non-hydrogen) atoms. The van der Waals surface area contributed by atoms with Crippen LogP contribution >= 0.6 is 11.6 Å². The summed E-state index contributed by atoms with van der Waals surface area (Å²) in [5.74, 6) is 0.376. The third-order valence-corrected chi connectivity index (χ3v) is 5.62. The molecule has 0 atom stereocenters. The number of aromatic nitrogens is 5. The topological polar surface area (TPSA) is 98.9 Å². The van der Waals surface area contributed by atoms with Crippen LogP contribution in [-0.2, 0) is 0 Å². The summed E-state index contributed by atoms with van der Waals surface area (Å²) >= 11 is 6.16. The fraction of sp³-hybridized carbons (Fsp3) is 0.0769. The lowest BCUT2D eigenvalue weighted by Crippen LogP contribution is -2.21. The van der Waals surface area contributed by atoms with Crippen LogP contribution < -0.4 is 15.4 Å². The van der Waals surface area contributed by atoms with E-state index in [1.54, 1.807) is 47.3 Å². The molecule has 198 valence electrons. The van der Waals surface area contributed by atoms with Gasteiger partial charge in [0, 0.05) is 28.7 Å². The molecule has 2 heterocycles. The number of nitrogens with zero attached hydrogens (tertiary/aromatic N) is 5. The van der Waals surface area contributed by atoms with Gasteiger partial charge in [0.1, 0.15) is 12.1 Å². The molecule has 9 nitrogen and oxygen atoms in total. The minimum absolute atomic E-state index is 0.318. The SMILES string of the molecule is Cc1cc(Cl)cc(-n2ccnc2NC(=O)Nc2ccc(-c3ncn(-c4ccc(OC(F)(F)F)cc4)n3)cc2)c1. The number of hydrogen-bond donors (Lipinski definition) is 2. The molecule has 2 amide bonds. The molecule has 5 rings (SSSR count). The zero-order chi connectivity index (χ0) is 27.6. The molecule has 3 aromatic carbocycles. The van der Waals surface area contributed by atoms with Crippen LogP contribution in [0, 0.1) is 6.92 Å². The van der Waals surface area contributed by atoms with Gasteiger partial charge in [-0.05, 0) is 79.2 Å². The number of anilines is 2. The number of hydrogen-bond acceptors (Lipinski definition) is 5. The fourth-order valence-electron chi connectivity index (χ4n) is 3.75. The number of aryl methyl sites for hydroxylation is 1. The molecule has 0 saturated carbocycles. The van der Waals surface area contributed by atoms with E-state index < -0.39 is 12.4 Å². The van der Waals surface area contributed by atoms with Crippen molar-refractivity contribution in [2.24, 2.45) is 0 Å². The van der Waals surface area contributed by atoms with Crippen molar-refractivity contribution in [1.82, 2.24) is 24.3 Å². The van der Waals surface area contributed by atoms with E-state index in [4.69, 9.17) is 11.6 Å². The molecule has 0 unspecified atom stereocenters. The van der Waals surface area contributed by atoms with Crippen LogP contribution in [0.15, 0.2) is 85.5 Å². The first-order chi connectivity index (χ1) is 18.6. The van der Waals surface area contributed by atoms with Crippen molar-refractivity contribution in [1.29, 1.82) is 0 Å². The normalized spacial score (nSPS) is 11.3. The lowest BCUT2D eigenvalue weighted by Gasteiger charge is -2.11. The first-order valence-corrected chi connectivity index (χ1v) is 11.8. The second kappa shape index (κ2) is 10.5. The van der Waals surface area contributed by atoms with E-state index >= 15 is 0 Å². The van der Waals surface area contributed by atoms with Crippen molar-refractivity contribution >= 4 is 29.3 Å². The largest absolute Gasteiger partial charge is 0.573 e. The number of carbonyl (C=O) groups excluding carboxylic acids is 1. The summed E-state index contributed by atoms with van der Waals surface area (Å²) in [6.07, 6.45) is -0.0378. The second-order valence-corrected chi connectivity index (χ2v) is 8.75. The summed E-state index contributed by atoms with van der Waals surface area (Å²) in [7, 11) is 0. The fourth-order valence-corrected chi connectivity index (χ4v) is 4.03. The van der Waals surface area contributed by atoms with Gasteiger partial charge in [-0.1, -0.05) is 11.6 Å². The highest BCUT2D eigenvalue weighted by Gasteiger charge is 2.31. The Kier molecular flexibility index (Phi) is 6.94. The molecule has 5 aromatic rings. The number of carbonyl (C=O) groups is 1. The molecule has 13 heteroatoms. The van der Waals surface area contributed by atoms with Crippen molar-refractivity contribution in [3.63, 3.8) is 0 Å². The van der Waals surface area contributed by atoms with Crippen molar-refractivity contribution in [3.8, 4) is 28.5 Å². The van der Waals surface area contributed by atoms with Crippen molar-refractivity contribution in [2.75, 3.05) is 10.6 Å². The molecule has 2 N–H and O–H groups in total. The standard InChI is InChI=1S/C26H19ClF3N7O2/c1-16-12-18(27)14-21(13-16)36-11-10-31-24(36)34-25(38)33-19-4-2-17(3-5-19)23-32-15-37(35-23)20-6-8-22(9-7-20)39-26(28,29)30/h2-15H,1H3,(H2,31,33,34,38). The highest BCUT2D eigenvalue weighted by atomic mass is 35.5. The summed E-state index contributed by atoms with van der Waals surface area (Å²) in [5, 5.41) is 10.4. The number of alkyl halides is 3. The van der Waals surface area contributed by atoms with E-state index in [2.05, 4.69) is 30.4 Å². The van der Waals surface area contributed by atoms with Crippen molar-refractivity contribution in [3.05, 3.63) is 96.0 Å². The maximum atomic E-state index is 12.6. The maximum absolute atomic E-state index is 12.6. The van der Waals surface area contributed by atoms with Gasteiger partial charge in [-0.3, -0.25) is 9.88 Å². The first-order valence-electron chi connectivity index (χ1n) is 11.4. The van der Waals surface area contributed by atoms with E-state index in [0.29, 0.717) is 33.7 Å². The second-order valence-electron chi connectivity index (χ2n) is 8.32. The summed E-state index contributed by atoms with van der Waals surface area (Å²) in [6.45, 7) is 1.92. The highest BCUT2D eigenvalue weighted by Crippen LogP contribution is 2.25. The van der Waals surface area contributed by atoms with Crippen LogP contribution in [0.5, 0.6) is 5.75 Å². The Labute approximate surface area is 224 Å². The van der Waals surface area contributed by atoms with Crippen LogP contribution in [0.4, 0.5) is 29.6 Å². The minimum Gasteiger partial charge on any atom is -0.406 e. The number of rotatable bonds is 6. The molecule has 0 saturated heterocycles. The van der Waals surface area contributed by atoms with Crippen LogP contribution in [0.1, 0.15) is 5.56 Å². The van der Waals surface area contributed by atoms with E-state index in [1.165, 1.54) is 35.3 Å². The molecular formula is C26H19ClF3N7O2. The third kappa shape index (κ3) is 6.36. The Morgan fingerprint density at radius 2 is 1.69 bits per heavy atom. The Balaban J connectivity index is 1.23. The van der Waals surface area contributed by atoms with Crippen molar-refractivity contribution < 1.29 is 22.7 Å². The molecule has 0 bridgehead atoms. The molecule has 0 aliphatic carbocycles. The van der Waals surface area contributed by atoms with E-state index in [1.807, 2.05) is 19.1 Å². The molecule has 0 aliphatic heterocycles. The number of urea groups is 1. The Bertz CT molecular complexity index is 1590. The predicted octanol–water partition coefficient (Wildman–Crippen LogP) is 6.62. The minimum atomic E-state index is -4.76. The zero-order valence-electron chi connectivity index (χ0n) is 20.1. The number of imidazole rings is 1. The summed E-state index contributed by atoms with van der Waals surface area (Å²) in [5.41, 5.74) is 3.42. The molecule has 0 fully saturated rings.